The van der Waals surface area contributed by atoms with Crippen LogP contribution in [0.3, 0.4) is 0 Å². The van der Waals surface area contributed by atoms with Crippen molar-refractivity contribution < 1.29 is 9.53 Å². The first-order valence-electron chi connectivity index (χ1n) is 9.26. The van der Waals surface area contributed by atoms with E-state index in [0.29, 0.717) is 33.7 Å². The number of nitrogens with one attached hydrogen (secondary N) is 1. The van der Waals surface area contributed by atoms with Gasteiger partial charge < -0.3 is 4.74 Å². The lowest BCUT2D eigenvalue weighted by atomic mass is 10.2. The van der Waals surface area contributed by atoms with Gasteiger partial charge in [0.2, 0.25) is 0 Å². The second-order valence-corrected chi connectivity index (χ2v) is 7.33. The van der Waals surface area contributed by atoms with E-state index in [4.69, 9.17) is 27.9 Å². The second kappa shape index (κ2) is 10.6. The van der Waals surface area contributed by atoms with Gasteiger partial charge in [-0.05, 0) is 55.0 Å². The zero-order valence-corrected chi connectivity index (χ0v) is 17.8. The van der Waals surface area contributed by atoms with Crippen LogP contribution in [0.15, 0.2) is 84.0 Å². The van der Waals surface area contributed by atoms with Gasteiger partial charge >= 0.3 is 0 Å². The fraction of sp³-hybridized carbons (Fsp3) is 0.0833. The number of benzene rings is 3. The van der Waals surface area contributed by atoms with Crippen molar-refractivity contribution in [1.29, 1.82) is 0 Å². The zero-order chi connectivity index (χ0) is 21.3. The van der Waals surface area contributed by atoms with E-state index in [1.807, 2.05) is 55.5 Å². The molecule has 6 heteroatoms. The Hall–Kier alpha value is -3.08. The first-order chi connectivity index (χ1) is 14.5. The quantitative estimate of drug-likeness (QED) is 0.343. The topological polar surface area (TPSA) is 50.7 Å². The van der Waals surface area contributed by atoms with Crippen LogP contribution in [-0.4, -0.2) is 11.6 Å². The number of hydrogen-bond acceptors (Lipinski definition) is 3. The van der Waals surface area contributed by atoms with Crippen molar-refractivity contribution in [2.45, 2.75) is 13.5 Å². The van der Waals surface area contributed by atoms with E-state index in [9.17, 15) is 4.79 Å². The van der Waals surface area contributed by atoms with Gasteiger partial charge in [0.15, 0.2) is 0 Å². The Morgan fingerprint density at radius 1 is 1.03 bits per heavy atom. The minimum atomic E-state index is -0.297. The first kappa shape index (κ1) is 21.6. The van der Waals surface area contributed by atoms with Crippen molar-refractivity contribution in [2.24, 2.45) is 5.10 Å². The maximum atomic E-state index is 12.3. The number of carbonyl (C=O) groups is 1. The molecule has 152 valence electrons. The van der Waals surface area contributed by atoms with Crippen molar-refractivity contribution in [1.82, 2.24) is 5.43 Å². The van der Waals surface area contributed by atoms with Gasteiger partial charge in [0.25, 0.3) is 5.91 Å². The van der Waals surface area contributed by atoms with Gasteiger partial charge in [0, 0.05) is 21.2 Å². The Balaban J connectivity index is 1.53. The summed E-state index contributed by atoms with van der Waals surface area (Å²) in [6.07, 6.45) is 3.78. The predicted octanol–water partition coefficient (Wildman–Crippen LogP) is 6.39. The van der Waals surface area contributed by atoms with Crippen molar-refractivity contribution in [3.63, 3.8) is 0 Å². The molecular weight excluding hydrogens is 419 g/mol. The third kappa shape index (κ3) is 6.48. The first-order valence-corrected chi connectivity index (χ1v) is 10.0. The van der Waals surface area contributed by atoms with Gasteiger partial charge in [-0.15, -0.1) is 0 Å². The Kier molecular flexibility index (Phi) is 7.66. The van der Waals surface area contributed by atoms with Crippen LogP contribution in [0.1, 0.15) is 28.4 Å². The average molecular weight is 439 g/mol. The zero-order valence-electron chi connectivity index (χ0n) is 16.3. The van der Waals surface area contributed by atoms with Crippen LogP contribution in [0.4, 0.5) is 0 Å². The maximum absolute atomic E-state index is 12.3. The lowest BCUT2D eigenvalue weighted by Crippen LogP contribution is -2.18. The molecule has 3 rings (SSSR count). The van der Waals surface area contributed by atoms with Crippen molar-refractivity contribution in [3.8, 4) is 5.75 Å². The largest absolute Gasteiger partial charge is 0.489 e. The highest BCUT2D eigenvalue weighted by atomic mass is 35.5. The van der Waals surface area contributed by atoms with Crippen molar-refractivity contribution in [2.75, 3.05) is 0 Å². The summed E-state index contributed by atoms with van der Waals surface area (Å²) in [4.78, 5) is 12.3. The summed E-state index contributed by atoms with van der Waals surface area (Å²) in [7, 11) is 0. The minimum absolute atomic E-state index is 0.297. The Bertz CT molecular complexity index is 1060. The molecule has 1 amide bonds. The van der Waals surface area contributed by atoms with Crippen LogP contribution < -0.4 is 10.2 Å². The Morgan fingerprint density at radius 3 is 2.47 bits per heavy atom. The molecule has 1 N–H and O–H groups in total. The summed E-state index contributed by atoms with van der Waals surface area (Å²) >= 11 is 12.0. The van der Waals surface area contributed by atoms with E-state index in [1.54, 1.807) is 36.4 Å². The summed E-state index contributed by atoms with van der Waals surface area (Å²) < 4.78 is 5.72. The molecule has 0 heterocycles. The number of allylic oxidation sites excluding steroid dienone is 1. The van der Waals surface area contributed by atoms with Crippen LogP contribution >= 0.6 is 23.2 Å². The van der Waals surface area contributed by atoms with Gasteiger partial charge in [-0.1, -0.05) is 65.7 Å². The number of amides is 1. The van der Waals surface area contributed by atoms with Crippen LogP contribution in [0, 0.1) is 0 Å². The summed E-state index contributed by atoms with van der Waals surface area (Å²) in [6, 6.07) is 21.9. The van der Waals surface area contributed by atoms with Crippen molar-refractivity contribution >= 4 is 40.9 Å². The van der Waals surface area contributed by atoms with E-state index in [1.165, 1.54) is 0 Å². The number of carbonyl (C=O) groups excluding carboxylic acids is 1. The minimum Gasteiger partial charge on any atom is -0.489 e. The summed E-state index contributed by atoms with van der Waals surface area (Å²) in [5.41, 5.74) is 5.61. The molecule has 0 aliphatic rings. The lowest BCUT2D eigenvalue weighted by molar-refractivity contribution is 0.0955. The van der Waals surface area contributed by atoms with Gasteiger partial charge in [-0.3, -0.25) is 4.79 Å². The fourth-order valence-electron chi connectivity index (χ4n) is 2.52. The normalized spacial score (nSPS) is 11.5. The summed E-state index contributed by atoms with van der Waals surface area (Å²) in [5.74, 6) is 0.331. The third-order valence-electron chi connectivity index (χ3n) is 4.18. The fourth-order valence-corrected chi connectivity index (χ4v) is 2.99. The molecule has 0 bridgehead atoms. The van der Waals surface area contributed by atoms with Gasteiger partial charge in [-0.2, -0.15) is 5.10 Å². The van der Waals surface area contributed by atoms with E-state index in [2.05, 4.69) is 10.5 Å². The highest BCUT2D eigenvalue weighted by Gasteiger charge is 2.06. The average Bonchev–Trinajstić information content (AvgIpc) is 2.76. The molecule has 0 atom stereocenters. The van der Waals surface area contributed by atoms with Crippen LogP contribution in [0.25, 0.3) is 6.08 Å². The molecule has 0 radical (unpaired) electrons. The van der Waals surface area contributed by atoms with E-state index >= 15 is 0 Å². The molecule has 3 aromatic carbocycles. The molecule has 3 aromatic rings. The molecule has 0 saturated carbocycles. The molecule has 0 fully saturated rings. The van der Waals surface area contributed by atoms with Crippen molar-refractivity contribution in [3.05, 3.63) is 106 Å². The highest BCUT2D eigenvalue weighted by Crippen LogP contribution is 2.23. The second-order valence-electron chi connectivity index (χ2n) is 6.49. The molecule has 0 aromatic heterocycles. The molecule has 30 heavy (non-hydrogen) atoms. The lowest BCUT2D eigenvalue weighted by Gasteiger charge is -2.09. The standard InChI is InChI=1S/C24H20Cl2N2O2/c1-17(7-8-18-5-3-2-4-6-18)27-28-24(29)19-10-13-22(14-11-19)30-16-20-9-12-21(25)15-23(20)26/h2-15H,16H2,1H3,(H,28,29)/b8-7+,27-17+. The molecule has 0 saturated heterocycles. The highest BCUT2D eigenvalue weighted by molar-refractivity contribution is 6.35. The summed E-state index contributed by atoms with van der Waals surface area (Å²) in [6.45, 7) is 2.12. The number of rotatable bonds is 7. The smallest absolute Gasteiger partial charge is 0.271 e. The molecule has 4 nitrogen and oxygen atoms in total. The number of hydrazone groups is 1. The Labute approximate surface area is 185 Å². The van der Waals surface area contributed by atoms with Crippen LogP contribution in [0.2, 0.25) is 10.0 Å². The molecule has 0 unspecified atom stereocenters. The number of nitrogens with zero attached hydrogens (tertiary/aromatic N) is 1. The maximum Gasteiger partial charge on any atom is 0.271 e. The van der Waals surface area contributed by atoms with Gasteiger partial charge in [-0.25, -0.2) is 5.43 Å². The summed E-state index contributed by atoms with van der Waals surface area (Å²) in [5, 5.41) is 5.23. The monoisotopic (exact) mass is 438 g/mol. The molecular formula is C24H20Cl2N2O2. The van der Waals surface area contributed by atoms with E-state index < -0.39 is 0 Å². The number of hydrogen-bond donors (Lipinski definition) is 1. The number of ether oxygens (including phenoxy) is 1. The third-order valence-corrected chi connectivity index (χ3v) is 4.76. The Morgan fingerprint density at radius 2 is 1.77 bits per heavy atom. The van der Waals surface area contributed by atoms with Gasteiger partial charge in [0.05, 0.1) is 5.71 Å². The van der Waals surface area contributed by atoms with Crippen LogP contribution in [-0.2, 0) is 6.61 Å². The van der Waals surface area contributed by atoms with Gasteiger partial charge in [0.1, 0.15) is 12.4 Å². The van der Waals surface area contributed by atoms with Crippen LogP contribution in [0.5, 0.6) is 5.75 Å². The van der Waals surface area contributed by atoms with E-state index in [-0.39, 0.29) is 5.91 Å². The number of halogens is 2. The molecule has 0 aliphatic carbocycles. The molecule has 0 spiro atoms. The predicted molar refractivity (Wildman–Crippen MR) is 123 cm³/mol. The van der Waals surface area contributed by atoms with E-state index in [0.717, 1.165) is 11.1 Å². The SMILES string of the molecule is CC(/C=C/c1ccccc1)=N\NC(=O)c1ccc(OCc2ccc(Cl)cc2Cl)cc1. The molecule has 0 aliphatic heterocycles.